The second kappa shape index (κ2) is 6.20. The molecule has 0 radical (unpaired) electrons. The van der Waals surface area contributed by atoms with Gasteiger partial charge in [-0.1, -0.05) is 74.0 Å². The number of rotatable bonds is 4. The van der Waals surface area contributed by atoms with Crippen molar-refractivity contribution < 1.29 is 0 Å². The normalized spacial score (nSPS) is 12.1. The van der Waals surface area contributed by atoms with Gasteiger partial charge in [0.05, 0.1) is 0 Å². The van der Waals surface area contributed by atoms with Crippen molar-refractivity contribution in [2.24, 2.45) is 0 Å². The van der Waals surface area contributed by atoms with E-state index in [0.717, 1.165) is 6.42 Å². The van der Waals surface area contributed by atoms with E-state index < -0.39 is 0 Å². The fourth-order valence-corrected chi connectivity index (χ4v) is 2.30. The minimum atomic E-state index is 1.13. The summed E-state index contributed by atoms with van der Waals surface area (Å²) in [6.07, 6.45) is 2.30. The van der Waals surface area contributed by atoms with E-state index in [1.165, 1.54) is 28.7 Å². The van der Waals surface area contributed by atoms with E-state index in [1.54, 1.807) is 0 Å². The van der Waals surface area contributed by atoms with Crippen molar-refractivity contribution in [3.05, 3.63) is 71.8 Å². The molecule has 0 nitrogen and oxygen atoms in total. The van der Waals surface area contributed by atoms with E-state index in [9.17, 15) is 0 Å². The molecule has 0 aromatic heterocycles. The van der Waals surface area contributed by atoms with Gasteiger partial charge in [-0.2, -0.15) is 0 Å². The van der Waals surface area contributed by atoms with Crippen LogP contribution in [0.2, 0.25) is 0 Å². The molecule has 0 aliphatic rings. The van der Waals surface area contributed by atoms with Crippen LogP contribution in [0.3, 0.4) is 0 Å². The largest absolute Gasteiger partial charge is 0.0651 e. The molecule has 2 rings (SSSR count). The van der Waals surface area contributed by atoms with Crippen LogP contribution >= 0.6 is 0 Å². The lowest BCUT2D eigenvalue weighted by atomic mass is 9.93. The quantitative estimate of drug-likeness (QED) is 0.622. The van der Waals surface area contributed by atoms with Crippen LogP contribution in [0.25, 0.3) is 11.1 Å². The van der Waals surface area contributed by atoms with Gasteiger partial charge < -0.3 is 0 Å². The minimum absolute atomic E-state index is 1.13. The highest BCUT2D eigenvalue weighted by Crippen LogP contribution is 2.29. The van der Waals surface area contributed by atoms with Gasteiger partial charge in [-0.05, 0) is 35.6 Å². The smallest absolute Gasteiger partial charge is 0.0222 e. The first-order valence-electron chi connectivity index (χ1n) is 6.63. The van der Waals surface area contributed by atoms with Gasteiger partial charge in [0.25, 0.3) is 0 Å². The van der Waals surface area contributed by atoms with Gasteiger partial charge in [-0.15, -0.1) is 0 Å². The summed E-state index contributed by atoms with van der Waals surface area (Å²) in [5.41, 5.74) is 5.53. The maximum atomic E-state index is 2.24. The topological polar surface area (TPSA) is 0 Å². The van der Waals surface area contributed by atoms with Crippen LogP contribution in [-0.4, -0.2) is 0 Å². The van der Waals surface area contributed by atoms with Crippen LogP contribution in [0.4, 0.5) is 0 Å². The van der Waals surface area contributed by atoms with Gasteiger partial charge in [0.1, 0.15) is 0 Å². The fourth-order valence-electron chi connectivity index (χ4n) is 2.30. The highest BCUT2D eigenvalue weighted by molar-refractivity contribution is 5.89. The van der Waals surface area contributed by atoms with E-state index in [4.69, 9.17) is 0 Å². The first-order valence-corrected chi connectivity index (χ1v) is 6.63. The van der Waals surface area contributed by atoms with Crippen LogP contribution in [0.1, 0.15) is 37.8 Å². The Balaban J connectivity index is 2.47. The maximum Gasteiger partial charge on any atom is -0.0222 e. The Hall–Kier alpha value is -1.82. The molecule has 0 atom stereocenters. The molecular weight excluding hydrogens is 216 g/mol. The summed E-state index contributed by atoms with van der Waals surface area (Å²) < 4.78 is 0. The molecular formula is C18H20. The Morgan fingerprint density at radius 1 is 0.778 bits per heavy atom. The van der Waals surface area contributed by atoms with Crippen LogP contribution in [0.15, 0.2) is 60.7 Å². The molecule has 2 aromatic rings. The standard InChI is InChI=1S/C18H20/c1-3-10-18(17-13-8-5-9-14-17)15(2)16-11-6-4-7-12-16/h4-9,11-14H,3,10H2,1-2H3. The average Bonchev–Trinajstić information content (AvgIpc) is 2.46. The zero-order valence-electron chi connectivity index (χ0n) is 11.2. The summed E-state index contributed by atoms with van der Waals surface area (Å²) in [7, 11) is 0. The molecule has 2 aromatic carbocycles. The SMILES string of the molecule is CCCC(=C(C)c1ccccc1)c1ccccc1. The number of benzene rings is 2. The predicted octanol–water partition coefficient (Wildman–Crippen LogP) is 5.42. The van der Waals surface area contributed by atoms with Gasteiger partial charge >= 0.3 is 0 Å². The molecule has 0 aliphatic carbocycles. The van der Waals surface area contributed by atoms with Crippen LogP contribution < -0.4 is 0 Å². The Morgan fingerprint density at radius 3 is 1.78 bits per heavy atom. The van der Waals surface area contributed by atoms with E-state index >= 15 is 0 Å². The summed E-state index contributed by atoms with van der Waals surface area (Å²) in [6, 6.07) is 21.4. The molecule has 92 valence electrons. The van der Waals surface area contributed by atoms with Crippen molar-refractivity contribution in [2.75, 3.05) is 0 Å². The highest BCUT2D eigenvalue weighted by atomic mass is 14.1. The van der Waals surface area contributed by atoms with E-state index in [2.05, 4.69) is 74.5 Å². The average molecular weight is 236 g/mol. The van der Waals surface area contributed by atoms with Crippen molar-refractivity contribution in [3.8, 4) is 0 Å². The van der Waals surface area contributed by atoms with E-state index in [1.807, 2.05) is 0 Å². The zero-order valence-corrected chi connectivity index (χ0v) is 11.2. The molecule has 18 heavy (non-hydrogen) atoms. The first-order chi connectivity index (χ1) is 8.83. The predicted molar refractivity (Wildman–Crippen MR) is 80.3 cm³/mol. The van der Waals surface area contributed by atoms with Gasteiger partial charge in [0.15, 0.2) is 0 Å². The first kappa shape index (κ1) is 12.6. The molecule has 0 spiro atoms. The molecule has 0 unspecified atom stereocenters. The third-order valence-corrected chi connectivity index (χ3v) is 3.28. The molecule has 0 heteroatoms. The van der Waals surface area contributed by atoms with Crippen molar-refractivity contribution in [3.63, 3.8) is 0 Å². The van der Waals surface area contributed by atoms with Gasteiger partial charge in [-0.25, -0.2) is 0 Å². The minimum Gasteiger partial charge on any atom is -0.0651 e. The Kier molecular flexibility index (Phi) is 4.35. The number of hydrogen-bond acceptors (Lipinski definition) is 0. The van der Waals surface area contributed by atoms with Crippen molar-refractivity contribution in [1.29, 1.82) is 0 Å². The molecule has 0 N–H and O–H groups in total. The van der Waals surface area contributed by atoms with Crippen LogP contribution in [0.5, 0.6) is 0 Å². The van der Waals surface area contributed by atoms with Crippen LogP contribution in [0, 0.1) is 0 Å². The Labute approximate surface area is 110 Å². The van der Waals surface area contributed by atoms with Crippen molar-refractivity contribution in [1.82, 2.24) is 0 Å². The molecule has 0 saturated heterocycles. The molecule has 0 fully saturated rings. The third kappa shape index (κ3) is 2.89. The van der Waals surface area contributed by atoms with Gasteiger partial charge in [0.2, 0.25) is 0 Å². The number of allylic oxidation sites excluding steroid dienone is 2. The molecule has 0 heterocycles. The summed E-state index contributed by atoms with van der Waals surface area (Å²) >= 11 is 0. The molecule has 0 bridgehead atoms. The second-order valence-electron chi connectivity index (χ2n) is 4.59. The van der Waals surface area contributed by atoms with Crippen molar-refractivity contribution in [2.45, 2.75) is 26.7 Å². The zero-order chi connectivity index (χ0) is 12.8. The monoisotopic (exact) mass is 236 g/mol. The molecule has 0 saturated carbocycles. The summed E-state index contributed by atoms with van der Waals surface area (Å²) in [6.45, 7) is 4.47. The highest BCUT2D eigenvalue weighted by Gasteiger charge is 2.06. The van der Waals surface area contributed by atoms with E-state index in [-0.39, 0.29) is 0 Å². The lowest BCUT2D eigenvalue weighted by molar-refractivity contribution is 0.973. The maximum absolute atomic E-state index is 2.24. The molecule has 0 aliphatic heterocycles. The van der Waals surface area contributed by atoms with E-state index in [0.29, 0.717) is 0 Å². The third-order valence-electron chi connectivity index (χ3n) is 3.28. The summed E-state index contributed by atoms with van der Waals surface area (Å²) in [5, 5.41) is 0. The second-order valence-corrected chi connectivity index (χ2v) is 4.59. The van der Waals surface area contributed by atoms with Gasteiger partial charge in [0, 0.05) is 0 Å². The Morgan fingerprint density at radius 2 is 1.28 bits per heavy atom. The lowest BCUT2D eigenvalue weighted by Gasteiger charge is -2.12. The van der Waals surface area contributed by atoms with Gasteiger partial charge in [-0.3, -0.25) is 0 Å². The molecule has 0 amide bonds. The van der Waals surface area contributed by atoms with Crippen molar-refractivity contribution >= 4 is 11.1 Å². The Bertz CT molecular complexity index is 506. The summed E-state index contributed by atoms with van der Waals surface area (Å²) in [5.74, 6) is 0. The summed E-state index contributed by atoms with van der Waals surface area (Å²) in [4.78, 5) is 0. The number of hydrogen-bond donors (Lipinski definition) is 0. The van der Waals surface area contributed by atoms with Crippen LogP contribution in [-0.2, 0) is 0 Å². The fraction of sp³-hybridized carbons (Fsp3) is 0.222. The lowest BCUT2D eigenvalue weighted by Crippen LogP contribution is -1.90.